The van der Waals surface area contributed by atoms with E-state index in [9.17, 15) is 0 Å². The summed E-state index contributed by atoms with van der Waals surface area (Å²) in [6.45, 7) is 5.86. The summed E-state index contributed by atoms with van der Waals surface area (Å²) in [5.41, 5.74) is 1.00. The Kier molecular flexibility index (Phi) is 4.05. The quantitative estimate of drug-likeness (QED) is 0.907. The first kappa shape index (κ1) is 13.6. The lowest BCUT2D eigenvalue weighted by molar-refractivity contribution is 0.297. The molecule has 1 N–H and O–H groups in total. The second-order valence-corrected chi connectivity index (χ2v) is 6.40. The Morgan fingerprint density at radius 1 is 1.25 bits per heavy atom. The zero-order chi connectivity index (χ0) is 13.9. The molecular formula is C15H20N2O2S. The number of aliphatic imine (C=N–C) groups is 1. The van der Waals surface area contributed by atoms with Crippen molar-refractivity contribution in [1.82, 2.24) is 0 Å². The molecule has 1 unspecified atom stereocenters. The molecular weight excluding hydrogens is 272 g/mol. The highest BCUT2D eigenvalue weighted by Crippen LogP contribution is 2.33. The van der Waals surface area contributed by atoms with Gasteiger partial charge in [0.05, 0.1) is 19.3 Å². The van der Waals surface area contributed by atoms with Crippen LogP contribution in [0.25, 0.3) is 0 Å². The number of benzene rings is 1. The van der Waals surface area contributed by atoms with E-state index < -0.39 is 0 Å². The molecule has 1 aromatic carbocycles. The summed E-state index contributed by atoms with van der Waals surface area (Å²) in [6, 6.07) is 6.39. The molecule has 2 aliphatic heterocycles. The number of nitrogens with one attached hydrogen (secondary N) is 1. The van der Waals surface area contributed by atoms with Crippen molar-refractivity contribution < 1.29 is 9.47 Å². The molecule has 1 atom stereocenters. The third kappa shape index (κ3) is 3.03. The highest BCUT2D eigenvalue weighted by Gasteiger charge is 2.21. The topological polar surface area (TPSA) is 42.8 Å². The molecule has 0 radical (unpaired) electrons. The summed E-state index contributed by atoms with van der Waals surface area (Å²) >= 11 is 1.78. The van der Waals surface area contributed by atoms with Gasteiger partial charge in [0.2, 0.25) is 0 Å². The molecule has 0 aliphatic carbocycles. The van der Waals surface area contributed by atoms with Crippen LogP contribution in [0.5, 0.6) is 11.5 Å². The third-order valence-corrected chi connectivity index (χ3v) is 4.43. The van der Waals surface area contributed by atoms with Gasteiger partial charge in [0.25, 0.3) is 0 Å². The first-order valence-corrected chi connectivity index (χ1v) is 8.08. The summed E-state index contributed by atoms with van der Waals surface area (Å²) in [7, 11) is 0. The van der Waals surface area contributed by atoms with Crippen molar-refractivity contribution in [3.63, 3.8) is 0 Å². The monoisotopic (exact) mass is 292 g/mol. The number of nitrogens with zero attached hydrogens (tertiary/aromatic N) is 1. The number of ether oxygens (including phenoxy) is 2. The number of fused-ring (bicyclic) bond motifs is 1. The number of rotatable bonds is 2. The minimum Gasteiger partial charge on any atom is -0.490 e. The van der Waals surface area contributed by atoms with Gasteiger partial charge in [-0.25, -0.2) is 0 Å². The maximum atomic E-state index is 5.70. The van der Waals surface area contributed by atoms with Crippen molar-refractivity contribution in [3.8, 4) is 11.5 Å². The van der Waals surface area contributed by atoms with Crippen molar-refractivity contribution in [2.24, 2.45) is 10.9 Å². The van der Waals surface area contributed by atoms with E-state index in [2.05, 4.69) is 19.2 Å². The smallest absolute Gasteiger partial charge is 0.163 e. The van der Waals surface area contributed by atoms with Crippen LogP contribution in [0.15, 0.2) is 23.2 Å². The van der Waals surface area contributed by atoms with Crippen LogP contribution < -0.4 is 14.8 Å². The second kappa shape index (κ2) is 5.95. The molecule has 0 aromatic heterocycles. The fraction of sp³-hybridized carbons (Fsp3) is 0.533. The highest BCUT2D eigenvalue weighted by atomic mass is 32.2. The van der Waals surface area contributed by atoms with E-state index >= 15 is 0 Å². The number of hydrogen-bond acceptors (Lipinski definition) is 5. The Morgan fingerprint density at radius 2 is 2.05 bits per heavy atom. The number of thioether (sulfide) groups is 1. The Bertz CT molecular complexity index is 517. The van der Waals surface area contributed by atoms with Crippen molar-refractivity contribution in [2.45, 2.75) is 26.3 Å². The predicted octanol–water partition coefficient (Wildman–Crippen LogP) is 3.39. The summed E-state index contributed by atoms with van der Waals surface area (Å²) in [6.07, 6.45) is 0.927. The van der Waals surface area contributed by atoms with Gasteiger partial charge in [-0.1, -0.05) is 25.6 Å². The predicted molar refractivity (Wildman–Crippen MR) is 84.2 cm³/mol. The van der Waals surface area contributed by atoms with Gasteiger partial charge in [-0.2, -0.15) is 0 Å². The van der Waals surface area contributed by atoms with E-state index in [0.717, 1.165) is 41.1 Å². The lowest BCUT2D eigenvalue weighted by Gasteiger charge is -2.10. The Balaban J connectivity index is 1.72. The van der Waals surface area contributed by atoms with Gasteiger partial charge in [-0.3, -0.25) is 4.99 Å². The van der Waals surface area contributed by atoms with Crippen molar-refractivity contribution in [3.05, 3.63) is 18.2 Å². The van der Waals surface area contributed by atoms with Crippen LogP contribution >= 0.6 is 11.8 Å². The summed E-state index contributed by atoms with van der Waals surface area (Å²) in [4.78, 5) is 4.71. The van der Waals surface area contributed by atoms with Crippen LogP contribution in [0.1, 0.15) is 20.3 Å². The van der Waals surface area contributed by atoms with E-state index in [1.807, 2.05) is 18.2 Å². The van der Waals surface area contributed by atoms with Gasteiger partial charge in [0, 0.05) is 23.9 Å². The van der Waals surface area contributed by atoms with E-state index in [4.69, 9.17) is 14.5 Å². The Labute approximate surface area is 123 Å². The van der Waals surface area contributed by atoms with E-state index in [1.54, 1.807) is 11.8 Å². The molecule has 0 saturated carbocycles. The molecule has 108 valence electrons. The van der Waals surface area contributed by atoms with Crippen molar-refractivity contribution >= 4 is 22.6 Å². The molecule has 3 rings (SSSR count). The maximum Gasteiger partial charge on any atom is 0.163 e. The van der Waals surface area contributed by atoms with Crippen LogP contribution in [-0.2, 0) is 0 Å². The number of amidine groups is 1. The van der Waals surface area contributed by atoms with Crippen LogP contribution in [0, 0.1) is 5.92 Å². The molecule has 0 spiro atoms. The molecule has 0 amide bonds. The average Bonchev–Trinajstić information content (AvgIpc) is 2.77. The summed E-state index contributed by atoms with van der Waals surface area (Å²) in [5, 5.41) is 4.37. The second-order valence-electron chi connectivity index (χ2n) is 5.39. The number of hydrogen-bond donors (Lipinski definition) is 1. The normalized spacial score (nSPS) is 21.6. The van der Waals surface area contributed by atoms with Gasteiger partial charge in [0.1, 0.15) is 0 Å². The van der Waals surface area contributed by atoms with Crippen molar-refractivity contribution in [2.75, 3.05) is 24.3 Å². The van der Waals surface area contributed by atoms with Crippen LogP contribution in [0.4, 0.5) is 5.69 Å². The highest BCUT2D eigenvalue weighted by molar-refractivity contribution is 8.14. The van der Waals surface area contributed by atoms with Crippen LogP contribution in [0.3, 0.4) is 0 Å². The van der Waals surface area contributed by atoms with Gasteiger partial charge in [-0.05, 0) is 18.1 Å². The molecule has 4 nitrogen and oxygen atoms in total. The SMILES string of the molecule is CC(C)C1CSC(Nc2ccc3c(c2)OCCCO3)=N1. The van der Waals surface area contributed by atoms with Crippen molar-refractivity contribution in [1.29, 1.82) is 0 Å². The molecule has 1 aromatic rings. The largest absolute Gasteiger partial charge is 0.490 e. The van der Waals surface area contributed by atoms with Gasteiger partial charge in [-0.15, -0.1) is 0 Å². The first-order valence-electron chi connectivity index (χ1n) is 7.09. The average molecular weight is 292 g/mol. The molecule has 2 heterocycles. The van der Waals surface area contributed by atoms with E-state index in [0.29, 0.717) is 18.6 Å². The fourth-order valence-electron chi connectivity index (χ4n) is 2.16. The van der Waals surface area contributed by atoms with Crippen LogP contribution in [-0.4, -0.2) is 30.2 Å². The van der Waals surface area contributed by atoms with Gasteiger partial charge < -0.3 is 14.8 Å². The molecule has 0 bridgehead atoms. The third-order valence-electron chi connectivity index (χ3n) is 3.44. The Hall–Kier alpha value is -1.36. The zero-order valence-corrected chi connectivity index (χ0v) is 12.7. The number of anilines is 1. The van der Waals surface area contributed by atoms with Gasteiger partial charge >= 0.3 is 0 Å². The molecule has 0 saturated heterocycles. The fourth-order valence-corrected chi connectivity index (χ4v) is 3.35. The Morgan fingerprint density at radius 3 is 2.80 bits per heavy atom. The lowest BCUT2D eigenvalue weighted by Crippen LogP contribution is -2.12. The maximum absolute atomic E-state index is 5.70. The van der Waals surface area contributed by atoms with Crippen LogP contribution in [0.2, 0.25) is 0 Å². The molecule has 5 heteroatoms. The summed E-state index contributed by atoms with van der Waals surface area (Å²) in [5.74, 6) is 3.29. The van der Waals surface area contributed by atoms with E-state index in [1.165, 1.54) is 0 Å². The molecule has 0 fully saturated rings. The standard InChI is InChI=1S/C15H20N2O2S/c1-10(2)12-9-20-15(17-12)16-11-4-5-13-14(8-11)19-7-3-6-18-13/h4-5,8,10,12H,3,6-7,9H2,1-2H3,(H,16,17). The minimum absolute atomic E-state index is 0.419. The van der Waals surface area contributed by atoms with E-state index in [-0.39, 0.29) is 0 Å². The minimum atomic E-state index is 0.419. The molecule has 20 heavy (non-hydrogen) atoms. The molecule has 2 aliphatic rings. The lowest BCUT2D eigenvalue weighted by atomic mass is 10.1. The first-order chi connectivity index (χ1) is 9.72. The summed E-state index contributed by atoms with van der Waals surface area (Å²) < 4.78 is 11.3. The zero-order valence-electron chi connectivity index (χ0n) is 11.9. The van der Waals surface area contributed by atoms with Gasteiger partial charge in [0.15, 0.2) is 16.7 Å².